The molecule has 0 atom stereocenters. The average Bonchev–Trinajstić information content (AvgIpc) is 3.02. The predicted molar refractivity (Wildman–Crippen MR) is 109 cm³/mol. The van der Waals surface area contributed by atoms with E-state index in [4.69, 9.17) is 4.74 Å². The summed E-state index contributed by atoms with van der Waals surface area (Å²) in [6, 6.07) is 20.3. The van der Waals surface area contributed by atoms with Crippen molar-refractivity contribution in [2.24, 2.45) is 0 Å². The molecule has 0 saturated heterocycles. The highest BCUT2D eigenvalue weighted by Crippen LogP contribution is 2.44. The molecule has 0 aromatic heterocycles. The molecule has 0 bridgehead atoms. The topological polar surface area (TPSA) is 58.6 Å². The third kappa shape index (κ3) is 3.33. The largest absolute Gasteiger partial charge is 0.507 e. The van der Waals surface area contributed by atoms with Gasteiger partial charge in [0.05, 0.1) is 0 Å². The number of fused-ring (bicyclic) bond motifs is 3. The summed E-state index contributed by atoms with van der Waals surface area (Å²) in [7, 11) is 0. The number of amides is 1. The van der Waals surface area contributed by atoms with E-state index in [1.54, 1.807) is 0 Å². The highest BCUT2D eigenvalue weighted by molar-refractivity contribution is 5.79. The number of carbonyl (C=O) groups is 1. The van der Waals surface area contributed by atoms with Gasteiger partial charge in [-0.3, -0.25) is 0 Å². The SMILES string of the molecule is Cc1cc(CNC(=O)OCC2c3ccccc3-c3ccccc32)cc(C)c1O. The predicted octanol–water partition coefficient (Wildman–Crippen LogP) is 5.05. The van der Waals surface area contributed by atoms with Crippen molar-refractivity contribution in [3.8, 4) is 16.9 Å². The zero-order valence-electron chi connectivity index (χ0n) is 16.0. The van der Waals surface area contributed by atoms with Gasteiger partial charge in [-0.05, 0) is 52.8 Å². The van der Waals surface area contributed by atoms with E-state index in [2.05, 4.69) is 29.6 Å². The molecular weight excluding hydrogens is 350 g/mol. The lowest BCUT2D eigenvalue weighted by atomic mass is 9.98. The van der Waals surface area contributed by atoms with Crippen molar-refractivity contribution in [1.82, 2.24) is 5.32 Å². The van der Waals surface area contributed by atoms with Crippen molar-refractivity contribution in [3.63, 3.8) is 0 Å². The third-order valence-corrected chi connectivity index (χ3v) is 5.33. The summed E-state index contributed by atoms with van der Waals surface area (Å²) in [6.07, 6.45) is -0.440. The van der Waals surface area contributed by atoms with E-state index in [1.807, 2.05) is 50.2 Å². The van der Waals surface area contributed by atoms with E-state index in [-0.39, 0.29) is 5.92 Å². The molecule has 28 heavy (non-hydrogen) atoms. The summed E-state index contributed by atoms with van der Waals surface area (Å²) in [5.74, 6) is 0.348. The molecule has 1 aliphatic carbocycles. The second-order valence-electron chi connectivity index (χ2n) is 7.26. The number of phenols is 1. The number of aryl methyl sites for hydroxylation is 2. The van der Waals surface area contributed by atoms with Crippen molar-refractivity contribution in [2.45, 2.75) is 26.3 Å². The first-order valence-corrected chi connectivity index (χ1v) is 9.42. The second-order valence-corrected chi connectivity index (χ2v) is 7.26. The van der Waals surface area contributed by atoms with Gasteiger partial charge in [0.25, 0.3) is 0 Å². The molecule has 0 heterocycles. The van der Waals surface area contributed by atoms with Crippen molar-refractivity contribution in [1.29, 1.82) is 0 Å². The summed E-state index contributed by atoms with van der Waals surface area (Å²) < 4.78 is 5.55. The minimum absolute atomic E-state index is 0.0521. The number of phenolic OH excluding ortho intramolecular Hbond substituents is 1. The number of aromatic hydroxyl groups is 1. The number of ether oxygens (including phenoxy) is 1. The number of alkyl carbamates (subject to hydrolysis) is 1. The lowest BCUT2D eigenvalue weighted by Gasteiger charge is -2.15. The van der Waals surface area contributed by atoms with Crippen LogP contribution in [0.5, 0.6) is 5.75 Å². The van der Waals surface area contributed by atoms with Crippen LogP contribution in [-0.2, 0) is 11.3 Å². The molecule has 1 amide bonds. The zero-order valence-corrected chi connectivity index (χ0v) is 16.0. The van der Waals surface area contributed by atoms with Crippen LogP contribution >= 0.6 is 0 Å². The molecule has 0 saturated carbocycles. The smallest absolute Gasteiger partial charge is 0.407 e. The van der Waals surface area contributed by atoms with E-state index in [1.165, 1.54) is 22.3 Å². The van der Waals surface area contributed by atoms with Gasteiger partial charge in [0.1, 0.15) is 12.4 Å². The molecule has 3 aromatic carbocycles. The van der Waals surface area contributed by atoms with E-state index in [0.717, 1.165) is 16.7 Å². The highest BCUT2D eigenvalue weighted by Gasteiger charge is 2.28. The zero-order chi connectivity index (χ0) is 19.7. The van der Waals surface area contributed by atoms with Gasteiger partial charge in [-0.25, -0.2) is 4.79 Å². The monoisotopic (exact) mass is 373 g/mol. The standard InChI is InChI=1S/C24H23NO3/c1-15-11-17(12-16(2)23(15)26)13-25-24(27)28-14-22-20-9-5-3-7-18(20)19-8-4-6-10-21(19)22/h3-12,22,26H,13-14H2,1-2H3,(H,25,27). The van der Waals surface area contributed by atoms with Crippen LogP contribution in [0, 0.1) is 13.8 Å². The molecular formula is C24H23NO3. The normalized spacial score (nSPS) is 12.4. The molecule has 3 aromatic rings. The van der Waals surface area contributed by atoms with E-state index in [9.17, 15) is 9.90 Å². The molecule has 0 aliphatic heterocycles. The number of hydrogen-bond acceptors (Lipinski definition) is 3. The van der Waals surface area contributed by atoms with Crippen LogP contribution in [-0.4, -0.2) is 17.8 Å². The Morgan fingerprint density at radius 2 is 1.50 bits per heavy atom. The van der Waals surface area contributed by atoms with Gasteiger partial charge in [0.15, 0.2) is 0 Å². The van der Waals surface area contributed by atoms with Crippen LogP contribution in [0.2, 0.25) is 0 Å². The molecule has 1 aliphatic rings. The van der Waals surface area contributed by atoms with Crippen molar-refractivity contribution in [2.75, 3.05) is 6.61 Å². The van der Waals surface area contributed by atoms with Crippen molar-refractivity contribution in [3.05, 3.63) is 88.5 Å². The third-order valence-electron chi connectivity index (χ3n) is 5.33. The van der Waals surface area contributed by atoms with Crippen LogP contribution in [0.4, 0.5) is 4.79 Å². The number of hydrogen-bond donors (Lipinski definition) is 2. The molecule has 142 valence electrons. The van der Waals surface area contributed by atoms with Crippen LogP contribution < -0.4 is 5.32 Å². The first-order valence-electron chi connectivity index (χ1n) is 9.42. The second kappa shape index (κ2) is 7.39. The van der Waals surface area contributed by atoms with Crippen LogP contribution in [0.15, 0.2) is 60.7 Å². The Bertz CT molecular complexity index is 973. The molecule has 0 spiro atoms. The highest BCUT2D eigenvalue weighted by atomic mass is 16.5. The molecule has 4 rings (SSSR count). The quantitative estimate of drug-likeness (QED) is 0.673. The Labute approximate surface area is 164 Å². The van der Waals surface area contributed by atoms with Crippen LogP contribution in [0.25, 0.3) is 11.1 Å². The van der Waals surface area contributed by atoms with Crippen LogP contribution in [0.1, 0.15) is 33.7 Å². The van der Waals surface area contributed by atoms with Gasteiger partial charge in [-0.15, -0.1) is 0 Å². The first-order chi connectivity index (χ1) is 13.5. The lowest BCUT2D eigenvalue weighted by molar-refractivity contribution is 0.142. The summed E-state index contributed by atoms with van der Waals surface area (Å²) in [4.78, 5) is 12.3. The summed E-state index contributed by atoms with van der Waals surface area (Å²) >= 11 is 0. The number of carbonyl (C=O) groups excluding carboxylic acids is 1. The molecule has 4 heteroatoms. The maximum Gasteiger partial charge on any atom is 0.407 e. The Kier molecular flexibility index (Phi) is 4.78. The maximum absolute atomic E-state index is 12.3. The van der Waals surface area contributed by atoms with Gasteiger partial charge < -0.3 is 15.2 Å². The van der Waals surface area contributed by atoms with Crippen molar-refractivity contribution >= 4 is 6.09 Å². The molecule has 0 fully saturated rings. The molecule has 0 unspecified atom stereocenters. The minimum Gasteiger partial charge on any atom is -0.507 e. The lowest BCUT2D eigenvalue weighted by Crippen LogP contribution is -2.25. The van der Waals surface area contributed by atoms with Crippen LogP contribution in [0.3, 0.4) is 0 Å². The van der Waals surface area contributed by atoms with E-state index < -0.39 is 6.09 Å². The van der Waals surface area contributed by atoms with Crippen molar-refractivity contribution < 1.29 is 14.6 Å². The fourth-order valence-corrected chi connectivity index (χ4v) is 3.97. The van der Waals surface area contributed by atoms with E-state index >= 15 is 0 Å². The Morgan fingerprint density at radius 3 is 2.07 bits per heavy atom. The maximum atomic E-state index is 12.3. The van der Waals surface area contributed by atoms with Gasteiger partial charge >= 0.3 is 6.09 Å². The molecule has 4 nitrogen and oxygen atoms in total. The summed E-state index contributed by atoms with van der Waals surface area (Å²) in [5, 5.41) is 12.7. The van der Waals surface area contributed by atoms with Gasteiger partial charge in [-0.1, -0.05) is 60.7 Å². The first kappa shape index (κ1) is 18.1. The summed E-state index contributed by atoms with van der Waals surface area (Å²) in [5.41, 5.74) is 7.34. The molecule has 0 radical (unpaired) electrons. The number of rotatable bonds is 4. The Morgan fingerprint density at radius 1 is 0.964 bits per heavy atom. The number of nitrogens with one attached hydrogen (secondary N) is 1. The summed E-state index contributed by atoms with van der Waals surface area (Å²) in [6.45, 7) is 4.35. The Hall–Kier alpha value is -3.27. The number of benzene rings is 3. The average molecular weight is 373 g/mol. The van der Waals surface area contributed by atoms with Gasteiger partial charge in [0, 0.05) is 12.5 Å². The van der Waals surface area contributed by atoms with E-state index in [0.29, 0.717) is 18.9 Å². The fourth-order valence-electron chi connectivity index (χ4n) is 3.97. The van der Waals surface area contributed by atoms with Gasteiger partial charge in [-0.2, -0.15) is 0 Å². The molecule has 2 N–H and O–H groups in total. The fraction of sp³-hybridized carbons (Fsp3) is 0.208. The van der Waals surface area contributed by atoms with Gasteiger partial charge in [0.2, 0.25) is 0 Å². The minimum atomic E-state index is -0.440. The Balaban J connectivity index is 1.42.